The molecular formula is C18H19ClN2O4. The topological polar surface area (TPSA) is 95.2 Å². The Kier molecular flexibility index (Phi) is 4.58. The maximum Gasteiger partial charge on any atom is 0.313 e. The summed E-state index contributed by atoms with van der Waals surface area (Å²) in [5, 5.41) is 16.8. The van der Waals surface area contributed by atoms with Gasteiger partial charge in [-0.1, -0.05) is 36.4 Å². The van der Waals surface area contributed by atoms with Crippen LogP contribution < -0.4 is 5.56 Å². The van der Waals surface area contributed by atoms with Gasteiger partial charge in [0.2, 0.25) is 0 Å². The molecule has 0 bridgehead atoms. The quantitative estimate of drug-likeness (QED) is 0.573. The van der Waals surface area contributed by atoms with Crippen LogP contribution in [0.25, 0.3) is 0 Å². The van der Waals surface area contributed by atoms with Crippen LogP contribution in [0.4, 0.5) is 0 Å². The van der Waals surface area contributed by atoms with Crippen LogP contribution in [0.5, 0.6) is 0 Å². The second-order valence-electron chi connectivity index (χ2n) is 6.43. The summed E-state index contributed by atoms with van der Waals surface area (Å²) in [6.07, 6.45) is 1.60. The maximum atomic E-state index is 12.7. The third kappa shape index (κ3) is 3.15. The molecule has 3 rings (SSSR count). The molecule has 0 fully saturated rings. The van der Waals surface area contributed by atoms with Crippen molar-refractivity contribution in [1.82, 2.24) is 10.2 Å². The highest BCUT2D eigenvalue weighted by Crippen LogP contribution is 2.44. The van der Waals surface area contributed by atoms with Gasteiger partial charge in [0, 0.05) is 28.6 Å². The Morgan fingerprint density at radius 2 is 2.12 bits per heavy atom. The van der Waals surface area contributed by atoms with Gasteiger partial charge >= 0.3 is 5.97 Å². The molecule has 2 aromatic rings. The van der Waals surface area contributed by atoms with E-state index in [1.54, 1.807) is 31.2 Å². The number of nitrogens with one attached hydrogen (secondary N) is 2. The number of halogens is 1. The fourth-order valence-corrected chi connectivity index (χ4v) is 3.64. The number of rotatable bonds is 4. The van der Waals surface area contributed by atoms with Crippen LogP contribution in [0, 0.1) is 5.92 Å². The minimum atomic E-state index is -1.39. The SMILES string of the molecule is C=CCOC(=O)[C@@H]1[C@@H](c2ccc(Cl)cc2)c2c([nH][nH]c2=O)C[C@@]1(C)O. The number of fused-ring (bicyclic) bond motifs is 1. The van der Waals surface area contributed by atoms with Crippen LogP contribution in [-0.4, -0.2) is 33.5 Å². The highest BCUT2D eigenvalue weighted by molar-refractivity contribution is 6.30. The number of carbonyl (C=O) groups is 1. The van der Waals surface area contributed by atoms with E-state index >= 15 is 0 Å². The molecule has 3 atom stereocenters. The fourth-order valence-electron chi connectivity index (χ4n) is 3.52. The minimum Gasteiger partial charge on any atom is -0.461 e. The number of hydrogen-bond donors (Lipinski definition) is 3. The Bertz CT molecular complexity index is 851. The first-order chi connectivity index (χ1) is 11.8. The Morgan fingerprint density at radius 3 is 2.76 bits per heavy atom. The molecule has 132 valence electrons. The Balaban J connectivity index is 2.16. The highest BCUT2D eigenvalue weighted by atomic mass is 35.5. The zero-order chi connectivity index (χ0) is 18.2. The van der Waals surface area contributed by atoms with Gasteiger partial charge in [0.25, 0.3) is 5.56 Å². The number of hydrogen-bond acceptors (Lipinski definition) is 4. The highest BCUT2D eigenvalue weighted by Gasteiger charge is 2.51. The van der Waals surface area contributed by atoms with E-state index in [2.05, 4.69) is 16.8 Å². The average Bonchev–Trinajstić information content (AvgIpc) is 2.91. The van der Waals surface area contributed by atoms with E-state index in [-0.39, 0.29) is 18.6 Å². The van der Waals surface area contributed by atoms with Crippen molar-refractivity contribution < 1.29 is 14.6 Å². The molecule has 3 N–H and O–H groups in total. The molecule has 1 aliphatic carbocycles. The first-order valence-corrected chi connectivity index (χ1v) is 8.27. The van der Waals surface area contributed by atoms with Gasteiger partial charge in [0.15, 0.2) is 0 Å². The Morgan fingerprint density at radius 1 is 1.44 bits per heavy atom. The second kappa shape index (κ2) is 6.54. The number of aromatic nitrogens is 2. The second-order valence-corrected chi connectivity index (χ2v) is 6.87. The number of esters is 1. The van der Waals surface area contributed by atoms with E-state index in [1.807, 2.05) is 0 Å². The zero-order valence-electron chi connectivity index (χ0n) is 13.7. The van der Waals surface area contributed by atoms with Crippen LogP contribution in [0.15, 0.2) is 41.7 Å². The fraction of sp³-hybridized carbons (Fsp3) is 0.333. The van der Waals surface area contributed by atoms with Gasteiger partial charge < -0.3 is 14.9 Å². The molecule has 0 spiro atoms. The summed E-state index contributed by atoms with van der Waals surface area (Å²) < 4.78 is 5.21. The van der Waals surface area contributed by atoms with Gasteiger partial charge in [-0.25, -0.2) is 0 Å². The average molecular weight is 363 g/mol. The zero-order valence-corrected chi connectivity index (χ0v) is 14.5. The summed E-state index contributed by atoms with van der Waals surface area (Å²) in [4.78, 5) is 25.0. The molecule has 0 amide bonds. The van der Waals surface area contributed by atoms with Crippen LogP contribution in [-0.2, 0) is 16.0 Å². The summed E-state index contributed by atoms with van der Waals surface area (Å²) in [7, 11) is 0. The van der Waals surface area contributed by atoms with E-state index in [4.69, 9.17) is 16.3 Å². The predicted octanol–water partition coefficient (Wildman–Crippen LogP) is 2.14. The van der Waals surface area contributed by atoms with Crippen molar-refractivity contribution in [3.05, 3.63) is 69.1 Å². The van der Waals surface area contributed by atoms with E-state index in [0.717, 1.165) is 0 Å². The number of benzene rings is 1. The van der Waals surface area contributed by atoms with Crippen molar-refractivity contribution in [3.8, 4) is 0 Å². The molecule has 1 heterocycles. The van der Waals surface area contributed by atoms with Crippen molar-refractivity contribution in [3.63, 3.8) is 0 Å². The predicted molar refractivity (Wildman–Crippen MR) is 93.7 cm³/mol. The molecular weight excluding hydrogens is 344 g/mol. The van der Waals surface area contributed by atoms with E-state index in [1.165, 1.54) is 6.08 Å². The lowest BCUT2D eigenvalue weighted by Crippen LogP contribution is -2.50. The molecule has 1 aliphatic rings. The molecule has 0 saturated heterocycles. The van der Waals surface area contributed by atoms with Crippen molar-refractivity contribution in [2.24, 2.45) is 5.92 Å². The number of aromatic amines is 2. The van der Waals surface area contributed by atoms with Gasteiger partial charge in [-0.05, 0) is 24.6 Å². The molecule has 1 aromatic heterocycles. The van der Waals surface area contributed by atoms with Crippen molar-refractivity contribution in [2.75, 3.05) is 6.61 Å². The number of H-pyrrole nitrogens is 2. The monoisotopic (exact) mass is 362 g/mol. The molecule has 0 radical (unpaired) electrons. The smallest absolute Gasteiger partial charge is 0.313 e. The Hall–Kier alpha value is -2.31. The third-order valence-corrected chi connectivity index (χ3v) is 4.82. The summed E-state index contributed by atoms with van der Waals surface area (Å²) in [5.41, 5.74) is 0.0288. The largest absolute Gasteiger partial charge is 0.461 e. The number of ether oxygens (including phenoxy) is 1. The third-order valence-electron chi connectivity index (χ3n) is 4.57. The van der Waals surface area contributed by atoms with Crippen LogP contribution >= 0.6 is 11.6 Å². The van der Waals surface area contributed by atoms with Crippen LogP contribution in [0.1, 0.15) is 29.7 Å². The molecule has 7 heteroatoms. The minimum absolute atomic E-state index is 0.0368. The van der Waals surface area contributed by atoms with Gasteiger partial charge in [-0.3, -0.25) is 14.7 Å². The summed E-state index contributed by atoms with van der Waals surface area (Å²) >= 11 is 5.96. The van der Waals surface area contributed by atoms with Gasteiger partial charge in [0.1, 0.15) is 6.61 Å². The van der Waals surface area contributed by atoms with Gasteiger partial charge in [0.05, 0.1) is 11.5 Å². The first-order valence-electron chi connectivity index (χ1n) is 7.90. The van der Waals surface area contributed by atoms with E-state index in [9.17, 15) is 14.7 Å². The van der Waals surface area contributed by atoms with Crippen LogP contribution in [0.3, 0.4) is 0 Å². The molecule has 0 saturated carbocycles. The number of carbonyl (C=O) groups excluding carboxylic acids is 1. The lowest BCUT2D eigenvalue weighted by Gasteiger charge is -2.40. The standard InChI is InChI=1S/C18H19ClN2O4/c1-3-8-25-17(23)15-13(10-4-6-11(19)7-5-10)14-12(9-18(15,2)24)20-21-16(14)22/h3-7,13,15,24H,1,8-9H2,2H3,(H2,20,21,22)/t13-,15-,18+/m0/s1. The first kappa shape index (κ1) is 17.5. The van der Waals surface area contributed by atoms with Crippen LogP contribution in [0.2, 0.25) is 5.02 Å². The maximum absolute atomic E-state index is 12.7. The lowest BCUT2D eigenvalue weighted by atomic mass is 9.66. The summed E-state index contributed by atoms with van der Waals surface area (Å²) in [6, 6.07) is 6.87. The lowest BCUT2D eigenvalue weighted by molar-refractivity contribution is -0.158. The molecule has 0 aliphatic heterocycles. The van der Waals surface area contributed by atoms with E-state index in [0.29, 0.717) is 21.8 Å². The molecule has 25 heavy (non-hydrogen) atoms. The van der Waals surface area contributed by atoms with Crippen molar-refractivity contribution >= 4 is 17.6 Å². The Labute approximate surface area is 149 Å². The molecule has 6 nitrogen and oxygen atoms in total. The van der Waals surface area contributed by atoms with E-state index < -0.39 is 23.4 Å². The summed E-state index contributed by atoms with van der Waals surface area (Å²) in [5.74, 6) is -2.16. The summed E-state index contributed by atoms with van der Waals surface area (Å²) in [6.45, 7) is 5.14. The van der Waals surface area contributed by atoms with Gasteiger partial charge in [-0.15, -0.1) is 0 Å². The van der Waals surface area contributed by atoms with Crippen molar-refractivity contribution in [1.29, 1.82) is 0 Å². The number of aliphatic hydroxyl groups is 1. The normalized spacial score (nSPS) is 25.2. The molecule has 0 unspecified atom stereocenters. The van der Waals surface area contributed by atoms with Gasteiger partial charge in [-0.2, -0.15) is 0 Å². The molecule has 1 aromatic carbocycles. The van der Waals surface area contributed by atoms with Crippen molar-refractivity contribution in [2.45, 2.75) is 24.9 Å².